The number of carbonyl (C=O) groups excluding carboxylic acids is 1. The van der Waals surface area contributed by atoms with Gasteiger partial charge in [-0.3, -0.25) is 14.2 Å². The normalized spacial score (nSPS) is 13.4. The van der Waals surface area contributed by atoms with E-state index in [1.807, 2.05) is 39.0 Å². The summed E-state index contributed by atoms with van der Waals surface area (Å²) < 4.78 is 14.8. The molecule has 1 N–H and O–H groups in total. The Hall–Kier alpha value is -2.67. The van der Waals surface area contributed by atoms with E-state index in [0.29, 0.717) is 22.6 Å². The van der Waals surface area contributed by atoms with Crippen LogP contribution in [-0.4, -0.2) is 20.7 Å². The summed E-state index contributed by atoms with van der Waals surface area (Å²) in [6.45, 7) is 8.25. The number of hydrogen-bond donors (Lipinski definition) is 1. The van der Waals surface area contributed by atoms with Crippen molar-refractivity contribution in [2.75, 3.05) is 0 Å². The van der Waals surface area contributed by atoms with Crippen LogP contribution in [0.25, 0.3) is 10.9 Å². The van der Waals surface area contributed by atoms with Crippen molar-refractivity contribution in [1.82, 2.24) is 14.9 Å². The second-order valence-corrected chi connectivity index (χ2v) is 9.07. The Balaban J connectivity index is 1.82. The molecule has 1 heterocycles. The minimum Gasteiger partial charge on any atom is -0.349 e. The van der Waals surface area contributed by atoms with Gasteiger partial charge in [0.2, 0.25) is 5.91 Å². The van der Waals surface area contributed by atoms with Gasteiger partial charge in [-0.25, -0.2) is 9.37 Å². The monoisotopic (exact) mass is 427 g/mol. The average Bonchev–Trinajstić information content (AvgIpc) is 2.71. The van der Waals surface area contributed by atoms with Crippen molar-refractivity contribution in [3.05, 3.63) is 70.3 Å². The first-order chi connectivity index (χ1) is 14.3. The predicted molar refractivity (Wildman–Crippen MR) is 119 cm³/mol. The number of fused-ring (bicyclic) bond motifs is 1. The smallest absolute Gasteiger partial charge is 0.262 e. The fraction of sp³-hybridized carbons (Fsp3) is 0.348. The Labute approximate surface area is 179 Å². The molecule has 0 saturated heterocycles. The molecule has 0 aliphatic heterocycles. The minimum atomic E-state index is -0.459. The molecule has 0 unspecified atom stereocenters. The molecule has 0 fully saturated rings. The number of nitrogens with one attached hydrogen (secondary N) is 1. The highest BCUT2D eigenvalue weighted by Crippen LogP contribution is 2.24. The van der Waals surface area contributed by atoms with Crippen LogP contribution < -0.4 is 10.9 Å². The van der Waals surface area contributed by atoms with Crippen LogP contribution in [0.2, 0.25) is 0 Å². The van der Waals surface area contributed by atoms with Gasteiger partial charge in [-0.1, -0.05) is 49.9 Å². The number of rotatable bonds is 7. The van der Waals surface area contributed by atoms with E-state index in [4.69, 9.17) is 0 Å². The van der Waals surface area contributed by atoms with Crippen LogP contribution in [0.4, 0.5) is 4.39 Å². The zero-order chi connectivity index (χ0) is 21.8. The number of benzene rings is 2. The number of hydrogen-bond acceptors (Lipinski definition) is 4. The van der Waals surface area contributed by atoms with Crippen LogP contribution in [0.5, 0.6) is 0 Å². The SMILES string of the molecule is CC(C)Cn1c(S[C@@H](C)C(=O)N[C@H](C)c2ccc(F)cc2)nc2ccccc2c1=O. The largest absolute Gasteiger partial charge is 0.349 e. The van der Waals surface area contributed by atoms with Crippen molar-refractivity contribution in [3.8, 4) is 0 Å². The van der Waals surface area contributed by atoms with E-state index in [-0.39, 0.29) is 29.2 Å². The van der Waals surface area contributed by atoms with Gasteiger partial charge in [-0.05, 0) is 49.6 Å². The van der Waals surface area contributed by atoms with Gasteiger partial charge in [0.15, 0.2) is 5.16 Å². The second-order valence-electron chi connectivity index (χ2n) is 7.76. The maximum atomic E-state index is 13.1. The molecule has 3 rings (SSSR count). The molecule has 1 amide bonds. The number of amides is 1. The lowest BCUT2D eigenvalue weighted by Crippen LogP contribution is -2.34. The lowest BCUT2D eigenvalue weighted by Gasteiger charge is -2.20. The molecule has 5 nitrogen and oxygen atoms in total. The summed E-state index contributed by atoms with van der Waals surface area (Å²) in [6.07, 6.45) is 0. The van der Waals surface area contributed by atoms with E-state index in [0.717, 1.165) is 5.56 Å². The van der Waals surface area contributed by atoms with Crippen molar-refractivity contribution in [1.29, 1.82) is 0 Å². The van der Waals surface area contributed by atoms with E-state index in [9.17, 15) is 14.0 Å². The highest BCUT2D eigenvalue weighted by Gasteiger charge is 2.21. The number of carbonyl (C=O) groups is 1. The van der Waals surface area contributed by atoms with E-state index in [1.54, 1.807) is 29.7 Å². The molecule has 158 valence electrons. The number of nitrogens with zero attached hydrogens (tertiary/aromatic N) is 2. The van der Waals surface area contributed by atoms with Crippen LogP contribution in [0.3, 0.4) is 0 Å². The van der Waals surface area contributed by atoms with Crippen LogP contribution in [0.15, 0.2) is 58.5 Å². The third-order valence-corrected chi connectivity index (χ3v) is 5.84. The Morgan fingerprint density at radius 2 is 1.77 bits per heavy atom. The second kappa shape index (κ2) is 9.43. The minimum absolute atomic E-state index is 0.0934. The lowest BCUT2D eigenvalue weighted by atomic mass is 10.1. The number of para-hydroxylation sites is 1. The molecular weight excluding hydrogens is 401 g/mol. The summed E-state index contributed by atoms with van der Waals surface area (Å²) in [6, 6.07) is 13.1. The Morgan fingerprint density at radius 1 is 1.10 bits per heavy atom. The topological polar surface area (TPSA) is 64.0 Å². The summed E-state index contributed by atoms with van der Waals surface area (Å²) in [4.78, 5) is 30.4. The molecule has 7 heteroatoms. The molecule has 1 aromatic heterocycles. The Kier molecular flexibility index (Phi) is 6.92. The van der Waals surface area contributed by atoms with Crippen molar-refractivity contribution in [3.63, 3.8) is 0 Å². The number of halogens is 1. The summed E-state index contributed by atoms with van der Waals surface area (Å²) in [5, 5.41) is 3.60. The van der Waals surface area contributed by atoms with Crippen molar-refractivity contribution < 1.29 is 9.18 Å². The van der Waals surface area contributed by atoms with Gasteiger partial charge < -0.3 is 5.32 Å². The van der Waals surface area contributed by atoms with Crippen LogP contribution in [0, 0.1) is 11.7 Å². The molecule has 0 saturated carbocycles. The lowest BCUT2D eigenvalue weighted by molar-refractivity contribution is -0.120. The first-order valence-corrected chi connectivity index (χ1v) is 10.9. The summed E-state index contributed by atoms with van der Waals surface area (Å²) >= 11 is 1.27. The Bertz CT molecular complexity index is 1100. The van der Waals surface area contributed by atoms with E-state index in [2.05, 4.69) is 10.3 Å². The predicted octanol–water partition coefficient (Wildman–Crippen LogP) is 4.55. The molecule has 0 bridgehead atoms. The summed E-state index contributed by atoms with van der Waals surface area (Å²) in [5.41, 5.74) is 1.35. The molecule has 0 aliphatic carbocycles. The highest BCUT2D eigenvalue weighted by molar-refractivity contribution is 8.00. The van der Waals surface area contributed by atoms with Crippen molar-refractivity contribution in [2.45, 2.75) is 50.7 Å². The molecule has 30 heavy (non-hydrogen) atoms. The molecule has 0 spiro atoms. The van der Waals surface area contributed by atoms with Gasteiger partial charge in [-0.15, -0.1) is 0 Å². The van der Waals surface area contributed by atoms with Crippen LogP contribution >= 0.6 is 11.8 Å². The third kappa shape index (κ3) is 5.08. The summed E-state index contributed by atoms with van der Waals surface area (Å²) in [7, 11) is 0. The van der Waals surface area contributed by atoms with E-state index in [1.165, 1.54) is 23.9 Å². The quantitative estimate of drug-likeness (QED) is 0.444. The number of thioether (sulfide) groups is 1. The van der Waals surface area contributed by atoms with Crippen molar-refractivity contribution >= 4 is 28.6 Å². The van der Waals surface area contributed by atoms with Crippen LogP contribution in [-0.2, 0) is 11.3 Å². The fourth-order valence-electron chi connectivity index (χ4n) is 3.14. The first-order valence-electron chi connectivity index (χ1n) is 9.98. The summed E-state index contributed by atoms with van der Waals surface area (Å²) in [5.74, 6) is -0.227. The van der Waals surface area contributed by atoms with Gasteiger partial charge in [0.1, 0.15) is 5.82 Å². The van der Waals surface area contributed by atoms with E-state index < -0.39 is 5.25 Å². The zero-order valence-electron chi connectivity index (χ0n) is 17.6. The maximum Gasteiger partial charge on any atom is 0.262 e. The zero-order valence-corrected chi connectivity index (χ0v) is 18.4. The van der Waals surface area contributed by atoms with Gasteiger partial charge in [-0.2, -0.15) is 0 Å². The first kappa shape index (κ1) is 22.0. The van der Waals surface area contributed by atoms with Crippen LogP contribution in [0.1, 0.15) is 39.3 Å². The van der Waals surface area contributed by atoms with Gasteiger partial charge in [0.05, 0.1) is 22.2 Å². The van der Waals surface area contributed by atoms with E-state index >= 15 is 0 Å². The molecule has 3 aromatic rings. The molecule has 2 aromatic carbocycles. The van der Waals surface area contributed by atoms with Gasteiger partial charge >= 0.3 is 0 Å². The highest BCUT2D eigenvalue weighted by atomic mass is 32.2. The van der Waals surface area contributed by atoms with Crippen molar-refractivity contribution in [2.24, 2.45) is 5.92 Å². The van der Waals surface area contributed by atoms with Gasteiger partial charge in [0, 0.05) is 6.54 Å². The fourth-order valence-corrected chi connectivity index (χ4v) is 4.07. The molecule has 2 atom stereocenters. The molecule has 0 aliphatic rings. The number of aromatic nitrogens is 2. The third-order valence-electron chi connectivity index (χ3n) is 4.75. The maximum absolute atomic E-state index is 13.1. The van der Waals surface area contributed by atoms with Gasteiger partial charge in [0.25, 0.3) is 5.56 Å². The standard InChI is InChI=1S/C23H26FN3O2S/c1-14(2)13-27-22(29)19-7-5-6-8-20(19)26-23(27)30-16(4)21(28)25-15(3)17-9-11-18(24)12-10-17/h5-12,14-16H,13H2,1-4H3,(H,25,28)/t15-,16+/m1/s1. The molecule has 0 radical (unpaired) electrons. The molecular formula is C23H26FN3O2S. The average molecular weight is 428 g/mol. The Morgan fingerprint density at radius 3 is 2.43 bits per heavy atom.